The summed E-state index contributed by atoms with van der Waals surface area (Å²) in [4.78, 5) is 15.1. The lowest BCUT2D eigenvalue weighted by atomic mass is 9.67. The van der Waals surface area contributed by atoms with Crippen molar-refractivity contribution in [2.24, 2.45) is 0 Å². The Morgan fingerprint density at radius 2 is 0.504 bits per heavy atom. The molecule has 0 bridgehead atoms. The second-order valence-corrected chi connectivity index (χ2v) is 35.0. The molecule has 125 heavy (non-hydrogen) atoms. The summed E-state index contributed by atoms with van der Waals surface area (Å²) in [7, 11) is 0. The molecule has 27 rings (SSSR count). The largest absolute Gasteiger partial charge is 0.309 e. The number of rotatable bonds is 10. The molecule has 0 aliphatic heterocycles. The number of nitrogens with zero attached hydrogens (tertiary/aromatic N) is 4. The first-order valence-electron chi connectivity index (χ1n) is 43.2. The van der Waals surface area contributed by atoms with Crippen LogP contribution in [-0.2, 0) is 10.8 Å². The predicted molar refractivity (Wildman–Crippen MR) is 525 cm³/mol. The van der Waals surface area contributed by atoms with Crippen molar-refractivity contribution >= 4 is 142 Å². The zero-order valence-electron chi connectivity index (χ0n) is 67.8. The summed E-state index contributed by atoms with van der Waals surface area (Å²) >= 11 is 1.84. The van der Waals surface area contributed by atoms with E-state index in [1.165, 1.54) is 131 Å². The van der Waals surface area contributed by atoms with Crippen molar-refractivity contribution in [1.82, 2.24) is 19.1 Å². The van der Waals surface area contributed by atoms with E-state index in [1.807, 2.05) is 11.3 Å². The third-order valence-electron chi connectivity index (χ3n) is 27.8. The van der Waals surface area contributed by atoms with E-state index in [-0.39, 0.29) is 0 Å². The lowest BCUT2D eigenvalue weighted by molar-refractivity contribution is 0.768. The first-order valence-corrected chi connectivity index (χ1v) is 44.1. The van der Waals surface area contributed by atoms with Crippen molar-refractivity contribution in [3.63, 3.8) is 0 Å². The van der Waals surface area contributed by atoms with Gasteiger partial charge in [0.25, 0.3) is 0 Å². The van der Waals surface area contributed by atoms with Crippen molar-refractivity contribution in [3.05, 3.63) is 481 Å². The van der Waals surface area contributed by atoms with Gasteiger partial charge in [0.2, 0.25) is 0 Å². The molecule has 2 aliphatic carbocycles. The maximum atomic E-state index is 6.48. The van der Waals surface area contributed by atoms with Crippen molar-refractivity contribution in [2.45, 2.75) is 10.8 Å². The Balaban J connectivity index is 0.744. The van der Waals surface area contributed by atoms with Gasteiger partial charge in [-0.1, -0.05) is 376 Å². The van der Waals surface area contributed by atoms with Crippen LogP contribution in [0.3, 0.4) is 0 Å². The van der Waals surface area contributed by atoms with Gasteiger partial charge in [-0.2, -0.15) is 0 Å². The van der Waals surface area contributed by atoms with E-state index in [9.17, 15) is 0 Å². The summed E-state index contributed by atoms with van der Waals surface area (Å²) < 4.78 is 4.94. The maximum Gasteiger partial charge on any atom is 0.109 e. The smallest absolute Gasteiger partial charge is 0.109 e. The summed E-state index contributed by atoms with van der Waals surface area (Å²) in [6, 6.07) is 164. The third-order valence-corrected chi connectivity index (χ3v) is 29.0. The monoisotopic (exact) mass is 1600 g/mol. The molecule has 0 saturated carbocycles. The molecule has 4 heterocycles. The predicted octanol–water partition coefficient (Wildman–Crippen LogP) is 31.4. The minimum Gasteiger partial charge on any atom is -0.309 e. The maximum absolute atomic E-state index is 6.48. The van der Waals surface area contributed by atoms with Crippen LogP contribution in [-0.4, -0.2) is 19.1 Å². The highest BCUT2D eigenvalue weighted by atomic mass is 32.1. The first kappa shape index (κ1) is 69.8. The molecule has 25 aromatic rings. The summed E-state index contributed by atoms with van der Waals surface area (Å²) in [5.41, 5.74) is 30.2. The Morgan fingerprint density at radius 3 is 0.928 bits per heavy atom. The van der Waals surface area contributed by atoms with E-state index in [1.54, 1.807) is 0 Å². The third kappa shape index (κ3) is 9.92. The average molecular weight is 1600 g/mol. The van der Waals surface area contributed by atoms with Crippen LogP contribution >= 0.6 is 11.3 Å². The number of aromatic nitrogens is 4. The van der Waals surface area contributed by atoms with Crippen LogP contribution in [0.15, 0.2) is 437 Å². The molecule has 0 radical (unpaired) electrons. The topological polar surface area (TPSA) is 35.6 Å². The SMILES string of the molecule is c1ccc(C2(c3ccccc3)c3ccccc3-c3c(-c4sc(-c5cccc6c5-c5ccccc5C6(c5ccccc5)c5ccccc5)c5nc6c7cc(-c8ccc9c%10ccccc%10n(-c%10ccc%11c(ccc%12ccccc%12%11)c%10)c9c8)ccc7c7ccc(-c8ccc9c%10ccccc%10n(-c%10ccc%11c(ccc%12ccccc%12%11)c%10)c9c8)cc7c6nc45)cccc32)cc1. The Hall–Kier alpha value is -15.9. The summed E-state index contributed by atoms with van der Waals surface area (Å²) in [6.07, 6.45) is 0. The van der Waals surface area contributed by atoms with Gasteiger partial charge in [-0.05, 0) is 204 Å². The van der Waals surface area contributed by atoms with E-state index < -0.39 is 10.8 Å². The molecule has 0 saturated heterocycles. The Labute approximate surface area is 724 Å². The molecule has 0 N–H and O–H groups in total. The number of fused-ring (bicyclic) bond motifs is 25. The minimum absolute atomic E-state index is 0.653. The second kappa shape index (κ2) is 26.8. The molecule has 0 fully saturated rings. The van der Waals surface area contributed by atoms with Gasteiger partial charge in [0.1, 0.15) is 11.0 Å². The minimum atomic E-state index is -0.653. The molecule has 5 heteroatoms. The van der Waals surface area contributed by atoms with E-state index in [0.717, 1.165) is 120 Å². The van der Waals surface area contributed by atoms with Crippen LogP contribution in [0.5, 0.6) is 0 Å². The van der Waals surface area contributed by atoms with Gasteiger partial charge in [-0.25, -0.2) is 9.97 Å². The first-order chi connectivity index (χ1) is 62.0. The zero-order valence-corrected chi connectivity index (χ0v) is 68.6. The average Bonchev–Trinajstić information content (AvgIpc) is 1.53. The molecule has 0 unspecified atom stereocenters. The van der Waals surface area contributed by atoms with Gasteiger partial charge in [-0.3, -0.25) is 0 Å². The Morgan fingerprint density at radius 1 is 0.192 bits per heavy atom. The van der Waals surface area contributed by atoms with Crippen molar-refractivity contribution in [3.8, 4) is 76.8 Å². The standard InChI is InChI=1S/C120H72N4S/c1-5-29-81(30-6-1)119(82-31-7-2-8-32-82)103-45-21-17-41-97(103)111-99(43-25-47-105(111)119)117-115-116(118(125-117)100-44-26-48-106-112(100)98-42-18-22-46-104(98)120(106,83-33-9-3-10-34-83)84-35-11-4-12-36-84)122-114-102-70-76(78-58-64-96-94-40-20-24-50-108(94)124(110(96)72-78)86-60-66-90-80(68-86)54-52-74-28-14-16-38-88(74)90)56-62-92(102)91-61-55-75(69-101(91)113(114)121-115)77-57-63-95-93-39-19-23-49-107(93)123(109(95)71-77)85-59-65-89-79(67-85)53-51-73-27-13-15-37-87(73)89/h1-72H. The molecular weight excluding hydrogens is 1530 g/mol. The van der Waals surface area contributed by atoms with Gasteiger partial charge >= 0.3 is 0 Å². The van der Waals surface area contributed by atoms with Crippen molar-refractivity contribution in [2.75, 3.05) is 0 Å². The lowest BCUT2D eigenvalue weighted by Gasteiger charge is -2.34. The van der Waals surface area contributed by atoms with E-state index in [0.29, 0.717) is 0 Å². The molecule has 2 aliphatic rings. The molecule has 21 aromatic carbocycles. The lowest BCUT2D eigenvalue weighted by Crippen LogP contribution is -2.28. The van der Waals surface area contributed by atoms with Gasteiger partial charge < -0.3 is 9.13 Å². The fourth-order valence-corrected chi connectivity index (χ4v) is 23.7. The highest BCUT2D eigenvalue weighted by molar-refractivity contribution is 7.21. The molecular formula is C120H72N4S. The molecule has 4 aromatic heterocycles. The Kier molecular flexibility index (Phi) is 15.0. The van der Waals surface area contributed by atoms with E-state index in [4.69, 9.17) is 9.97 Å². The normalized spacial score (nSPS) is 13.2. The number of thiophene rings is 1. The van der Waals surface area contributed by atoms with Crippen LogP contribution in [0.1, 0.15) is 44.5 Å². The van der Waals surface area contributed by atoms with Crippen LogP contribution in [0.25, 0.3) is 207 Å². The van der Waals surface area contributed by atoms with E-state index >= 15 is 0 Å². The zero-order chi connectivity index (χ0) is 81.7. The second-order valence-electron chi connectivity index (χ2n) is 34.0. The molecule has 0 atom stereocenters. The molecule has 4 nitrogen and oxygen atoms in total. The summed E-state index contributed by atoms with van der Waals surface area (Å²) in [5.74, 6) is 0. The fraction of sp³-hybridized carbons (Fsp3) is 0.0167. The van der Waals surface area contributed by atoms with Crippen LogP contribution in [0.2, 0.25) is 0 Å². The highest BCUT2D eigenvalue weighted by Crippen LogP contribution is 2.63. The summed E-state index contributed by atoms with van der Waals surface area (Å²) in [6.45, 7) is 0. The quantitative estimate of drug-likeness (QED) is 0.128. The molecule has 0 spiro atoms. The highest BCUT2D eigenvalue weighted by Gasteiger charge is 2.49. The van der Waals surface area contributed by atoms with Gasteiger partial charge in [0.15, 0.2) is 0 Å². The van der Waals surface area contributed by atoms with E-state index in [2.05, 4.69) is 446 Å². The molecule has 0 amide bonds. The van der Waals surface area contributed by atoms with Crippen LogP contribution in [0.4, 0.5) is 0 Å². The number of hydrogen-bond acceptors (Lipinski definition) is 3. The van der Waals surface area contributed by atoms with Crippen LogP contribution < -0.4 is 0 Å². The summed E-state index contributed by atoms with van der Waals surface area (Å²) in [5, 5.41) is 19.0. The Bertz CT molecular complexity index is 8330. The number of para-hydroxylation sites is 2. The van der Waals surface area contributed by atoms with Crippen LogP contribution in [0, 0.1) is 0 Å². The van der Waals surface area contributed by atoms with Gasteiger partial charge in [-0.15, -0.1) is 11.3 Å². The van der Waals surface area contributed by atoms with Gasteiger partial charge in [0, 0.05) is 54.8 Å². The fourth-order valence-electron chi connectivity index (χ4n) is 22.5. The van der Waals surface area contributed by atoms with Gasteiger partial charge in [0.05, 0.1) is 53.7 Å². The van der Waals surface area contributed by atoms with Crippen molar-refractivity contribution in [1.29, 1.82) is 0 Å². The number of benzene rings is 21. The number of hydrogen-bond donors (Lipinski definition) is 0. The van der Waals surface area contributed by atoms with Crippen molar-refractivity contribution < 1.29 is 0 Å². The molecule has 578 valence electrons.